The molecule has 0 radical (unpaired) electrons. The van der Waals surface area contributed by atoms with E-state index in [4.69, 9.17) is 14.4 Å². The number of aromatic nitrogens is 1. The van der Waals surface area contributed by atoms with E-state index >= 15 is 0 Å². The van der Waals surface area contributed by atoms with Gasteiger partial charge in [-0.2, -0.15) is 0 Å². The number of carbonyl (C=O) groups is 1. The third-order valence-corrected chi connectivity index (χ3v) is 7.42. The zero-order valence-corrected chi connectivity index (χ0v) is 20.0. The van der Waals surface area contributed by atoms with Gasteiger partial charge in [-0.1, -0.05) is 56.4 Å². The number of rotatable bonds is 9. The van der Waals surface area contributed by atoms with Crippen molar-refractivity contribution in [1.29, 1.82) is 0 Å². The van der Waals surface area contributed by atoms with Crippen LogP contribution in [0.3, 0.4) is 0 Å². The number of aryl methyl sites for hydroxylation is 2. The average Bonchev–Trinajstić information content (AvgIpc) is 3.42. The van der Waals surface area contributed by atoms with Crippen molar-refractivity contribution in [2.24, 2.45) is 10.9 Å². The van der Waals surface area contributed by atoms with E-state index in [2.05, 4.69) is 30.3 Å². The lowest BCUT2D eigenvalue weighted by molar-refractivity contribution is 0.0982. The maximum atomic E-state index is 12.3. The van der Waals surface area contributed by atoms with Crippen molar-refractivity contribution in [3.05, 3.63) is 88.6 Å². The van der Waals surface area contributed by atoms with Crippen LogP contribution >= 0.6 is 0 Å². The van der Waals surface area contributed by atoms with Crippen molar-refractivity contribution in [3.8, 4) is 0 Å². The number of ketones is 1. The molecule has 1 aliphatic carbocycles. The van der Waals surface area contributed by atoms with Crippen LogP contribution in [0.4, 0.5) is 0 Å². The number of furan rings is 1. The summed E-state index contributed by atoms with van der Waals surface area (Å²) in [5.41, 5.74) is 8.46. The van der Waals surface area contributed by atoms with Crippen molar-refractivity contribution in [3.63, 3.8) is 0 Å². The van der Waals surface area contributed by atoms with Gasteiger partial charge in [0.1, 0.15) is 6.26 Å². The fourth-order valence-corrected chi connectivity index (χ4v) is 5.55. The van der Waals surface area contributed by atoms with Gasteiger partial charge in [0.25, 0.3) is 0 Å². The van der Waals surface area contributed by atoms with E-state index in [1.807, 2.05) is 6.20 Å². The zero-order valence-electron chi connectivity index (χ0n) is 20.0. The minimum atomic E-state index is 0.130. The lowest BCUT2D eigenvalue weighted by Gasteiger charge is -2.25. The largest absolute Gasteiger partial charge is 0.472 e. The topological polar surface area (TPSA) is 55.5 Å². The number of benzene rings is 1. The smallest absolute Gasteiger partial charge is 0.166 e. The molecular weight excluding hydrogens is 420 g/mol. The van der Waals surface area contributed by atoms with Gasteiger partial charge in [0.05, 0.1) is 11.8 Å². The summed E-state index contributed by atoms with van der Waals surface area (Å²) in [6.45, 7) is 0.880. The van der Waals surface area contributed by atoms with E-state index in [1.54, 1.807) is 12.3 Å². The molecule has 0 spiro atoms. The highest BCUT2D eigenvalue weighted by atomic mass is 16.3. The van der Waals surface area contributed by atoms with Crippen LogP contribution in [0.25, 0.3) is 0 Å². The first-order valence-corrected chi connectivity index (χ1v) is 12.9. The normalized spacial score (nSPS) is 16.2. The summed E-state index contributed by atoms with van der Waals surface area (Å²) in [5.74, 6) is 0.905. The number of Topliss-reactive ketones (excluding diaryl/α,β-unsaturated/α-hetero) is 1. The third kappa shape index (κ3) is 5.55. The number of fused-ring (bicyclic) bond motifs is 1. The summed E-state index contributed by atoms with van der Waals surface area (Å²) < 4.78 is 5.04. The number of hydrogen-bond donors (Lipinski definition) is 0. The highest BCUT2D eigenvalue weighted by Crippen LogP contribution is 2.30. The Morgan fingerprint density at radius 1 is 1.00 bits per heavy atom. The van der Waals surface area contributed by atoms with E-state index in [9.17, 15) is 4.79 Å². The van der Waals surface area contributed by atoms with Crippen LogP contribution < -0.4 is 0 Å². The van der Waals surface area contributed by atoms with Gasteiger partial charge in [0.2, 0.25) is 0 Å². The zero-order chi connectivity index (χ0) is 23.2. The summed E-state index contributed by atoms with van der Waals surface area (Å²) in [6.07, 6.45) is 17.2. The van der Waals surface area contributed by atoms with E-state index in [0.717, 1.165) is 44.6 Å². The van der Waals surface area contributed by atoms with Gasteiger partial charge in [0, 0.05) is 36.1 Å². The fourth-order valence-electron chi connectivity index (χ4n) is 5.55. The van der Waals surface area contributed by atoms with Crippen molar-refractivity contribution in [2.45, 2.75) is 70.6 Å². The molecule has 3 heterocycles. The summed E-state index contributed by atoms with van der Waals surface area (Å²) in [7, 11) is 0. The third-order valence-electron chi connectivity index (χ3n) is 7.42. The molecule has 4 heteroatoms. The molecule has 1 aliphatic heterocycles. The number of nitrogens with zero attached hydrogens (tertiary/aromatic N) is 2. The molecule has 1 aromatic carbocycles. The molecule has 176 valence electrons. The van der Waals surface area contributed by atoms with Crippen LogP contribution in [-0.2, 0) is 25.7 Å². The summed E-state index contributed by atoms with van der Waals surface area (Å²) in [4.78, 5) is 22.1. The van der Waals surface area contributed by atoms with E-state index in [0.29, 0.717) is 12.0 Å². The lowest BCUT2D eigenvalue weighted by Crippen LogP contribution is -2.20. The summed E-state index contributed by atoms with van der Waals surface area (Å²) >= 11 is 0. The van der Waals surface area contributed by atoms with Gasteiger partial charge in [-0.15, -0.1) is 0 Å². The second kappa shape index (κ2) is 10.9. The van der Waals surface area contributed by atoms with Crippen molar-refractivity contribution < 1.29 is 9.21 Å². The monoisotopic (exact) mass is 454 g/mol. The minimum absolute atomic E-state index is 0.130. The van der Waals surface area contributed by atoms with Gasteiger partial charge in [-0.25, -0.2) is 0 Å². The Bertz CT molecular complexity index is 1140. The van der Waals surface area contributed by atoms with Gasteiger partial charge >= 0.3 is 0 Å². The highest BCUT2D eigenvalue weighted by molar-refractivity contribution is 6.03. The van der Waals surface area contributed by atoms with Crippen molar-refractivity contribution in [2.75, 3.05) is 6.54 Å². The predicted molar refractivity (Wildman–Crippen MR) is 136 cm³/mol. The van der Waals surface area contributed by atoms with E-state index in [-0.39, 0.29) is 5.78 Å². The molecule has 5 rings (SSSR count). The molecule has 0 saturated heterocycles. The molecule has 34 heavy (non-hydrogen) atoms. The Kier molecular flexibility index (Phi) is 7.33. The SMILES string of the molecule is O=C(CCc1cccc(CCC2=NCCc3ccnc(CC4CCCCC4)c32)c1)c1ccoc1. The first-order chi connectivity index (χ1) is 16.8. The second-order valence-electron chi connectivity index (χ2n) is 9.83. The molecule has 0 unspecified atom stereocenters. The van der Waals surface area contributed by atoms with E-state index < -0.39 is 0 Å². The number of pyridine rings is 1. The molecule has 1 fully saturated rings. The molecule has 2 aromatic heterocycles. The average molecular weight is 455 g/mol. The van der Waals surface area contributed by atoms with Gasteiger partial charge < -0.3 is 4.42 Å². The fraction of sp³-hybridized carbons (Fsp3) is 0.433. The van der Waals surface area contributed by atoms with Gasteiger partial charge in [-0.3, -0.25) is 14.8 Å². The minimum Gasteiger partial charge on any atom is -0.472 e. The molecule has 0 amide bonds. The van der Waals surface area contributed by atoms with Gasteiger partial charge in [0.15, 0.2) is 5.78 Å². The Labute approximate surface area is 202 Å². The molecule has 4 nitrogen and oxygen atoms in total. The van der Waals surface area contributed by atoms with Crippen LogP contribution in [0.1, 0.15) is 83.3 Å². The number of carbonyl (C=O) groups excluding carboxylic acids is 1. The van der Waals surface area contributed by atoms with E-state index in [1.165, 1.54) is 72.0 Å². The van der Waals surface area contributed by atoms with Crippen LogP contribution in [0.15, 0.2) is 64.5 Å². The lowest BCUT2D eigenvalue weighted by atomic mass is 9.83. The van der Waals surface area contributed by atoms with Crippen molar-refractivity contribution in [1.82, 2.24) is 4.98 Å². The number of hydrogen-bond acceptors (Lipinski definition) is 4. The molecular formula is C30H34N2O2. The maximum absolute atomic E-state index is 12.3. The first-order valence-electron chi connectivity index (χ1n) is 12.9. The van der Waals surface area contributed by atoms with Crippen LogP contribution in [0, 0.1) is 5.92 Å². The van der Waals surface area contributed by atoms with Crippen LogP contribution in [0.2, 0.25) is 0 Å². The Balaban J connectivity index is 1.24. The van der Waals surface area contributed by atoms with Crippen LogP contribution in [-0.4, -0.2) is 23.0 Å². The predicted octanol–water partition coefficient (Wildman–Crippen LogP) is 6.59. The molecule has 3 aromatic rings. The first kappa shape index (κ1) is 22.8. The standard InChI is InChI=1S/C30H34N2O2/c33-29(26-15-18-34-21-26)12-10-24-8-4-7-23(19-24)9-11-27-30-25(13-16-31-27)14-17-32-28(30)20-22-5-2-1-3-6-22/h4,7-8,14-15,17-19,21-22H,1-3,5-6,9-13,16,20H2. The molecule has 1 saturated carbocycles. The van der Waals surface area contributed by atoms with Crippen LogP contribution in [0.5, 0.6) is 0 Å². The Morgan fingerprint density at radius 2 is 1.85 bits per heavy atom. The van der Waals surface area contributed by atoms with Gasteiger partial charge in [-0.05, 0) is 66.8 Å². The Hall–Kier alpha value is -3.01. The molecule has 0 bridgehead atoms. The molecule has 0 atom stereocenters. The molecule has 2 aliphatic rings. The van der Waals surface area contributed by atoms with Crippen molar-refractivity contribution >= 4 is 11.5 Å². The maximum Gasteiger partial charge on any atom is 0.166 e. The Morgan fingerprint density at radius 3 is 2.68 bits per heavy atom. The summed E-state index contributed by atoms with van der Waals surface area (Å²) in [6, 6.07) is 12.6. The molecule has 0 N–H and O–H groups in total. The number of aliphatic imine (C=N–C) groups is 1. The summed E-state index contributed by atoms with van der Waals surface area (Å²) in [5, 5.41) is 0. The quantitative estimate of drug-likeness (QED) is 0.343. The highest BCUT2D eigenvalue weighted by Gasteiger charge is 2.22. The second-order valence-corrected chi connectivity index (χ2v) is 9.83.